The summed E-state index contributed by atoms with van der Waals surface area (Å²) in [5, 5.41) is 0. The number of amides is 8. The number of nitrogens with zero attached hydrogens (tertiary/aromatic N) is 8. The van der Waals surface area contributed by atoms with Crippen molar-refractivity contribution in [2.45, 2.75) is 0 Å². The second-order valence-corrected chi connectivity index (χ2v) is 10.5. The first-order valence-electron chi connectivity index (χ1n) is 13.8. The lowest BCUT2D eigenvalue weighted by molar-refractivity contribution is -0.146. The number of nitrogens with two attached hydrogens (primary N) is 2. The Kier molecular flexibility index (Phi) is 17.8. The van der Waals surface area contributed by atoms with E-state index in [1.54, 1.807) is 0 Å². The number of carbonyl (C=O) groups is 8. The Hall–Kier alpha value is -4.32. The molecule has 0 rings (SSSR count). The lowest BCUT2D eigenvalue weighted by Crippen LogP contribution is -2.49. The van der Waals surface area contributed by atoms with E-state index >= 15 is 0 Å². The minimum atomic E-state index is -0.560. The second-order valence-electron chi connectivity index (χ2n) is 10.5. The molecule has 250 valence electrons. The maximum atomic E-state index is 12.7. The summed E-state index contributed by atoms with van der Waals surface area (Å²) in [5.74, 6) is -3.46. The van der Waals surface area contributed by atoms with Crippen molar-refractivity contribution in [1.82, 2.24) is 39.2 Å². The highest BCUT2D eigenvalue weighted by Crippen LogP contribution is 1.99. The summed E-state index contributed by atoms with van der Waals surface area (Å²) in [6.07, 6.45) is 0.483. The zero-order valence-corrected chi connectivity index (χ0v) is 26.9. The van der Waals surface area contributed by atoms with Crippen LogP contribution in [0.3, 0.4) is 0 Å². The van der Waals surface area contributed by atoms with Crippen molar-refractivity contribution in [3.05, 3.63) is 0 Å². The molecule has 0 aromatic heterocycles. The van der Waals surface area contributed by atoms with Crippen LogP contribution < -0.4 is 11.5 Å². The topological polar surface area (TPSA) is 215 Å². The van der Waals surface area contributed by atoms with E-state index in [2.05, 4.69) is 0 Å². The molecule has 0 fully saturated rings. The molecule has 0 spiro atoms. The third-order valence-electron chi connectivity index (χ3n) is 6.50. The van der Waals surface area contributed by atoms with Gasteiger partial charge in [0, 0.05) is 75.5 Å². The largest absolute Gasteiger partial charge is 0.339 e. The van der Waals surface area contributed by atoms with Gasteiger partial charge < -0.3 is 50.7 Å². The Balaban J connectivity index is 4.81. The summed E-state index contributed by atoms with van der Waals surface area (Å²) in [7, 11) is 9.74. The Labute approximate surface area is 258 Å². The molecule has 4 N–H and O–H groups in total. The van der Waals surface area contributed by atoms with Crippen molar-refractivity contribution in [1.29, 1.82) is 0 Å². The van der Waals surface area contributed by atoms with Crippen molar-refractivity contribution < 1.29 is 38.4 Å². The van der Waals surface area contributed by atoms with Gasteiger partial charge in [-0.05, 0) is 0 Å². The molecule has 0 heterocycles. The van der Waals surface area contributed by atoms with Crippen molar-refractivity contribution in [3.63, 3.8) is 0 Å². The summed E-state index contributed by atoms with van der Waals surface area (Å²) < 4.78 is 0. The van der Waals surface area contributed by atoms with Crippen LogP contribution in [0.4, 0.5) is 0 Å². The lowest BCUT2D eigenvalue weighted by atomic mass is 10.3. The number of carbonyl (C=O) groups excluding carboxylic acids is 8. The van der Waals surface area contributed by atoms with Crippen LogP contribution in [0.1, 0.15) is 0 Å². The van der Waals surface area contributed by atoms with Gasteiger partial charge in [-0.2, -0.15) is 0 Å². The van der Waals surface area contributed by atoms with E-state index in [0.717, 1.165) is 29.4 Å². The van der Waals surface area contributed by atoms with Crippen LogP contribution in [0.2, 0.25) is 0 Å². The van der Waals surface area contributed by atoms with Gasteiger partial charge in [-0.15, -0.1) is 0 Å². The molecule has 0 aromatic carbocycles. The van der Waals surface area contributed by atoms with E-state index in [1.807, 2.05) is 0 Å². The molecular formula is C26H48N10O8. The summed E-state index contributed by atoms with van der Waals surface area (Å²) in [6.45, 7) is -1.07. The van der Waals surface area contributed by atoms with Crippen molar-refractivity contribution in [3.8, 4) is 0 Å². The van der Waals surface area contributed by atoms with E-state index in [9.17, 15) is 38.4 Å². The van der Waals surface area contributed by atoms with Gasteiger partial charge in [0.15, 0.2) is 0 Å². The molecule has 0 unspecified atom stereocenters. The van der Waals surface area contributed by atoms with Gasteiger partial charge >= 0.3 is 0 Å². The minimum absolute atomic E-state index is 0.203. The van der Waals surface area contributed by atoms with Gasteiger partial charge in [0.25, 0.3) is 0 Å². The van der Waals surface area contributed by atoms with Gasteiger partial charge in [0.1, 0.15) is 0 Å². The highest BCUT2D eigenvalue weighted by atomic mass is 16.2. The molecule has 0 bridgehead atoms. The zero-order chi connectivity index (χ0) is 34.1. The highest BCUT2D eigenvalue weighted by Gasteiger charge is 2.24. The van der Waals surface area contributed by atoms with E-state index in [1.165, 1.54) is 59.1 Å². The molecule has 0 saturated heterocycles. The average Bonchev–Trinajstić information content (AvgIpc) is 2.96. The van der Waals surface area contributed by atoms with Crippen LogP contribution in [-0.2, 0) is 38.4 Å². The molecule has 0 radical (unpaired) electrons. The first-order valence-corrected chi connectivity index (χ1v) is 13.8. The van der Waals surface area contributed by atoms with Gasteiger partial charge in [-0.25, -0.2) is 0 Å². The van der Waals surface area contributed by atoms with Crippen molar-refractivity contribution in [2.75, 3.05) is 121 Å². The van der Waals surface area contributed by atoms with Gasteiger partial charge in [0.2, 0.25) is 47.8 Å². The fourth-order valence-electron chi connectivity index (χ4n) is 3.49. The Morgan fingerprint density at radius 2 is 0.659 bits per heavy atom. The number of rotatable bonds is 19. The molecule has 0 aliphatic heterocycles. The van der Waals surface area contributed by atoms with Crippen LogP contribution in [0, 0.1) is 0 Å². The average molecular weight is 629 g/mol. The predicted molar refractivity (Wildman–Crippen MR) is 159 cm³/mol. The normalized spacial score (nSPS) is 10.3. The molecule has 0 aliphatic rings. The van der Waals surface area contributed by atoms with E-state index in [-0.39, 0.29) is 64.8 Å². The maximum absolute atomic E-state index is 12.7. The summed E-state index contributed by atoms with van der Waals surface area (Å²) >= 11 is 0. The van der Waals surface area contributed by atoms with Gasteiger partial charge in [0.05, 0.1) is 45.8 Å². The molecule has 44 heavy (non-hydrogen) atoms. The van der Waals surface area contributed by atoms with Crippen LogP contribution in [0.25, 0.3) is 0 Å². The van der Waals surface area contributed by atoms with Crippen LogP contribution in [0.15, 0.2) is 0 Å². The molecule has 18 nitrogen and oxygen atoms in total. The Bertz CT molecular complexity index is 1040. The maximum Gasteiger partial charge on any atom is 0.242 e. The van der Waals surface area contributed by atoms with Crippen LogP contribution in [-0.4, -0.2) is 208 Å². The molecule has 8 amide bonds. The quantitative estimate of drug-likeness (QED) is 0.129. The Morgan fingerprint density at radius 1 is 0.432 bits per heavy atom. The number of hydrogen-bond acceptors (Lipinski definition) is 10. The smallest absolute Gasteiger partial charge is 0.242 e. The van der Waals surface area contributed by atoms with Crippen LogP contribution in [0.5, 0.6) is 0 Å². The zero-order valence-electron chi connectivity index (χ0n) is 26.9. The molecular weight excluding hydrogens is 580 g/mol. The van der Waals surface area contributed by atoms with Gasteiger partial charge in [-0.3, -0.25) is 38.4 Å². The van der Waals surface area contributed by atoms with Crippen molar-refractivity contribution >= 4 is 47.8 Å². The van der Waals surface area contributed by atoms with E-state index in [4.69, 9.17) is 11.5 Å². The lowest BCUT2D eigenvalue weighted by Gasteiger charge is -2.27. The number of hydrogen-bond donors (Lipinski definition) is 2. The fourth-order valence-corrected chi connectivity index (χ4v) is 3.49. The van der Waals surface area contributed by atoms with Gasteiger partial charge in [-0.1, -0.05) is 0 Å². The van der Waals surface area contributed by atoms with E-state index in [0.29, 0.717) is 19.5 Å². The fraction of sp³-hybridized carbons (Fsp3) is 0.692. The first-order chi connectivity index (χ1) is 20.5. The van der Waals surface area contributed by atoms with Crippen molar-refractivity contribution in [2.24, 2.45) is 11.5 Å². The van der Waals surface area contributed by atoms with E-state index < -0.39 is 35.4 Å². The molecule has 0 atom stereocenters. The monoisotopic (exact) mass is 628 g/mol. The summed E-state index contributed by atoms with van der Waals surface area (Å²) in [4.78, 5) is 107. The predicted octanol–water partition coefficient (Wildman–Crippen LogP) is -5.43. The minimum Gasteiger partial charge on any atom is -0.339 e. The van der Waals surface area contributed by atoms with Crippen LogP contribution >= 0.6 is 0 Å². The molecule has 18 heteroatoms. The SMILES string of the molecule is CN(C=O)CC(=O)N(C)CC(=O)N(C)CC(=O)N(C)CC(=O)N(C)CC(=O)N(C)CC(=O)N(C)CC(=O)N(CCN)CCN. The molecule has 0 saturated carbocycles. The highest BCUT2D eigenvalue weighted by molar-refractivity contribution is 5.92. The third-order valence-corrected chi connectivity index (χ3v) is 6.50. The summed E-state index contributed by atoms with van der Waals surface area (Å²) in [5.41, 5.74) is 11.0. The third kappa shape index (κ3) is 14.2. The standard InChI is InChI=1S/C26H48N10O8/c1-29(19-37)12-20(38)30(2)13-21(39)31(3)14-22(40)32(4)15-23(41)33(5)16-24(42)34(6)17-25(43)35(7)18-26(44)36(10-8-27)11-9-28/h19H,8-18,27-28H2,1-7H3. The molecule has 0 aliphatic carbocycles. The number of likely N-dealkylation sites (N-methyl/N-ethyl adjacent to an activating group) is 7. The molecule has 0 aromatic rings. The summed E-state index contributed by atoms with van der Waals surface area (Å²) in [6, 6.07) is 0. The Morgan fingerprint density at radius 3 is 0.886 bits per heavy atom. The second kappa shape index (κ2) is 19.8. The first kappa shape index (κ1) is 39.7.